The van der Waals surface area contributed by atoms with Crippen LogP contribution in [0.3, 0.4) is 0 Å². The van der Waals surface area contributed by atoms with Gasteiger partial charge in [0.1, 0.15) is 16.0 Å². The van der Waals surface area contributed by atoms with Crippen molar-refractivity contribution in [2.75, 3.05) is 0 Å². The molecule has 0 unspecified atom stereocenters. The zero-order chi connectivity index (χ0) is 11.7. The Bertz CT molecular complexity index is 500. The Kier molecular flexibility index (Phi) is 3.08. The van der Waals surface area contributed by atoms with Crippen LogP contribution in [0.5, 0.6) is 0 Å². The van der Waals surface area contributed by atoms with E-state index in [2.05, 4.69) is 15.0 Å². The molecule has 0 amide bonds. The lowest BCUT2D eigenvalue weighted by atomic mass is 10.2. The molecule has 0 aliphatic rings. The Morgan fingerprint density at radius 1 is 1.00 bits per heavy atom. The first-order valence-corrected chi connectivity index (χ1v) is 5.46. The number of aromatic nitrogens is 3. The first-order valence-electron chi connectivity index (χ1n) is 4.70. The molecule has 2 aromatic heterocycles. The minimum atomic E-state index is 0.359. The normalized spacial score (nSPS) is 10.5. The first kappa shape index (κ1) is 11.3. The third-order valence-corrected chi connectivity index (χ3v) is 2.90. The van der Waals surface area contributed by atoms with E-state index in [-0.39, 0.29) is 0 Å². The highest BCUT2D eigenvalue weighted by molar-refractivity contribution is 6.34. The van der Waals surface area contributed by atoms with Crippen molar-refractivity contribution in [3.05, 3.63) is 39.8 Å². The van der Waals surface area contributed by atoms with Crippen LogP contribution in [0, 0.1) is 13.8 Å². The quantitative estimate of drug-likeness (QED) is 0.731. The number of aryl methyl sites for hydroxylation is 1. The molecular formula is C11H9Cl2N3. The summed E-state index contributed by atoms with van der Waals surface area (Å²) in [7, 11) is 0. The van der Waals surface area contributed by atoms with Crippen LogP contribution in [0.25, 0.3) is 11.5 Å². The summed E-state index contributed by atoms with van der Waals surface area (Å²) < 4.78 is 0. The lowest BCUT2D eigenvalue weighted by Crippen LogP contribution is -1.95. The summed E-state index contributed by atoms with van der Waals surface area (Å²) in [5.74, 6) is 0.445. The number of halogens is 2. The van der Waals surface area contributed by atoms with E-state index >= 15 is 0 Å². The molecule has 0 fully saturated rings. The molecule has 0 saturated carbocycles. The molecule has 2 rings (SSSR count). The minimum Gasteiger partial charge on any atom is -0.253 e. The van der Waals surface area contributed by atoms with Crippen LogP contribution in [0.1, 0.15) is 11.1 Å². The van der Waals surface area contributed by atoms with E-state index < -0.39 is 0 Å². The van der Waals surface area contributed by atoms with Gasteiger partial charge in [0, 0.05) is 11.8 Å². The summed E-state index contributed by atoms with van der Waals surface area (Å²) in [6.45, 7) is 3.74. The molecule has 2 aromatic rings. The second kappa shape index (κ2) is 4.36. The van der Waals surface area contributed by atoms with Gasteiger partial charge in [-0.05, 0) is 25.5 Å². The zero-order valence-corrected chi connectivity index (χ0v) is 10.3. The summed E-state index contributed by atoms with van der Waals surface area (Å²) in [4.78, 5) is 12.5. The van der Waals surface area contributed by atoms with Gasteiger partial charge in [-0.15, -0.1) is 0 Å². The Hall–Kier alpha value is -1.19. The SMILES string of the molecule is Cc1ccc(-c2nc(Cl)c(C)c(Cl)n2)nc1. The molecule has 0 saturated heterocycles. The second-order valence-electron chi connectivity index (χ2n) is 3.47. The number of hydrogen-bond donors (Lipinski definition) is 0. The van der Waals surface area contributed by atoms with Crippen LogP contribution < -0.4 is 0 Å². The minimum absolute atomic E-state index is 0.359. The third kappa shape index (κ3) is 2.15. The molecule has 0 atom stereocenters. The van der Waals surface area contributed by atoms with Crippen LogP contribution >= 0.6 is 23.2 Å². The van der Waals surface area contributed by atoms with E-state index in [1.165, 1.54) is 0 Å². The fraction of sp³-hybridized carbons (Fsp3) is 0.182. The Morgan fingerprint density at radius 2 is 1.62 bits per heavy atom. The van der Waals surface area contributed by atoms with Crippen molar-refractivity contribution >= 4 is 23.2 Å². The first-order chi connectivity index (χ1) is 7.58. The predicted molar refractivity (Wildman–Crippen MR) is 64.8 cm³/mol. The van der Waals surface area contributed by atoms with Crippen LogP contribution in [0.15, 0.2) is 18.3 Å². The molecule has 5 heteroatoms. The second-order valence-corrected chi connectivity index (χ2v) is 4.19. The lowest BCUT2D eigenvalue weighted by molar-refractivity contribution is 1.11. The molecule has 0 aromatic carbocycles. The molecule has 0 spiro atoms. The summed E-state index contributed by atoms with van der Waals surface area (Å²) in [5, 5.41) is 0.717. The number of pyridine rings is 1. The van der Waals surface area contributed by atoms with E-state index in [9.17, 15) is 0 Å². The van der Waals surface area contributed by atoms with Crippen LogP contribution in [-0.2, 0) is 0 Å². The molecule has 0 bridgehead atoms. The molecule has 16 heavy (non-hydrogen) atoms. The number of rotatable bonds is 1. The summed E-state index contributed by atoms with van der Waals surface area (Å²) >= 11 is 11.9. The zero-order valence-electron chi connectivity index (χ0n) is 8.83. The van der Waals surface area contributed by atoms with Gasteiger partial charge in [-0.3, -0.25) is 4.98 Å². The van der Waals surface area contributed by atoms with Gasteiger partial charge in [-0.1, -0.05) is 29.3 Å². The van der Waals surface area contributed by atoms with Crippen molar-refractivity contribution in [2.45, 2.75) is 13.8 Å². The molecule has 0 aliphatic carbocycles. The summed E-state index contributed by atoms with van der Waals surface area (Å²) in [6, 6.07) is 3.78. The third-order valence-electron chi connectivity index (χ3n) is 2.17. The van der Waals surface area contributed by atoms with Gasteiger partial charge in [0.05, 0.1) is 0 Å². The average Bonchev–Trinajstić information content (AvgIpc) is 2.26. The van der Waals surface area contributed by atoms with Crippen molar-refractivity contribution in [2.24, 2.45) is 0 Å². The van der Waals surface area contributed by atoms with Crippen molar-refractivity contribution in [3.8, 4) is 11.5 Å². The fourth-order valence-electron chi connectivity index (χ4n) is 1.18. The summed E-state index contributed by atoms with van der Waals surface area (Å²) in [5.41, 5.74) is 2.42. The molecule has 0 N–H and O–H groups in total. The fourth-order valence-corrected chi connectivity index (χ4v) is 1.57. The maximum atomic E-state index is 5.94. The van der Waals surface area contributed by atoms with E-state index in [4.69, 9.17) is 23.2 Å². The van der Waals surface area contributed by atoms with Crippen molar-refractivity contribution in [1.82, 2.24) is 15.0 Å². The van der Waals surface area contributed by atoms with E-state index in [1.807, 2.05) is 19.1 Å². The van der Waals surface area contributed by atoms with Crippen molar-refractivity contribution < 1.29 is 0 Å². The van der Waals surface area contributed by atoms with Crippen molar-refractivity contribution in [1.29, 1.82) is 0 Å². The monoisotopic (exact) mass is 253 g/mol. The highest BCUT2D eigenvalue weighted by atomic mass is 35.5. The highest BCUT2D eigenvalue weighted by Gasteiger charge is 2.09. The highest BCUT2D eigenvalue weighted by Crippen LogP contribution is 2.23. The van der Waals surface area contributed by atoms with Crippen LogP contribution in [-0.4, -0.2) is 15.0 Å². The Labute approximate surface area is 103 Å². The molecule has 0 radical (unpaired) electrons. The largest absolute Gasteiger partial charge is 0.253 e. The predicted octanol–water partition coefficient (Wildman–Crippen LogP) is 3.46. The van der Waals surface area contributed by atoms with Gasteiger partial charge < -0.3 is 0 Å². The molecule has 2 heterocycles. The van der Waals surface area contributed by atoms with Crippen LogP contribution in [0.2, 0.25) is 10.3 Å². The topological polar surface area (TPSA) is 38.7 Å². The standard InChI is InChI=1S/C11H9Cl2N3/c1-6-3-4-8(14-5-6)11-15-9(12)7(2)10(13)16-11/h3-5H,1-2H3. The van der Waals surface area contributed by atoms with Gasteiger partial charge in [0.25, 0.3) is 0 Å². The van der Waals surface area contributed by atoms with Gasteiger partial charge in [0.2, 0.25) is 0 Å². The average molecular weight is 254 g/mol. The molecular weight excluding hydrogens is 245 g/mol. The van der Waals surface area contributed by atoms with Gasteiger partial charge in [-0.2, -0.15) is 0 Å². The van der Waals surface area contributed by atoms with Crippen LogP contribution in [0.4, 0.5) is 0 Å². The Morgan fingerprint density at radius 3 is 2.12 bits per heavy atom. The van der Waals surface area contributed by atoms with Crippen molar-refractivity contribution in [3.63, 3.8) is 0 Å². The number of nitrogens with zero attached hydrogens (tertiary/aromatic N) is 3. The smallest absolute Gasteiger partial charge is 0.181 e. The molecule has 82 valence electrons. The molecule has 0 aliphatic heterocycles. The maximum absolute atomic E-state index is 5.94. The van der Waals surface area contributed by atoms with Gasteiger partial charge >= 0.3 is 0 Å². The van der Waals surface area contributed by atoms with E-state index in [0.29, 0.717) is 27.4 Å². The van der Waals surface area contributed by atoms with Gasteiger partial charge in [0.15, 0.2) is 5.82 Å². The van der Waals surface area contributed by atoms with E-state index in [1.54, 1.807) is 13.1 Å². The maximum Gasteiger partial charge on any atom is 0.181 e. The lowest BCUT2D eigenvalue weighted by Gasteiger charge is -2.04. The molecule has 3 nitrogen and oxygen atoms in total. The van der Waals surface area contributed by atoms with Gasteiger partial charge in [-0.25, -0.2) is 9.97 Å². The van der Waals surface area contributed by atoms with E-state index in [0.717, 1.165) is 5.56 Å². The number of hydrogen-bond acceptors (Lipinski definition) is 3. The Balaban J connectivity index is 2.52. The summed E-state index contributed by atoms with van der Waals surface area (Å²) in [6.07, 6.45) is 1.75.